The summed E-state index contributed by atoms with van der Waals surface area (Å²) >= 11 is 3.45. The Bertz CT molecular complexity index is 410. The van der Waals surface area contributed by atoms with Gasteiger partial charge in [0.15, 0.2) is 5.78 Å². The Balaban J connectivity index is 2.10. The lowest BCUT2D eigenvalue weighted by Crippen LogP contribution is -2.47. The summed E-state index contributed by atoms with van der Waals surface area (Å²) in [4.78, 5) is 12.1. The summed E-state index contributed by atoms with van der Waals surface area (Å²) in [6.07, 6.45) is 2.61. The Kier molecular flexibility index (Phi) is 3.17. The molecule has 0 amide bonds. The van der Waals surface area contributed by atoms with Crippen LogP contribution in [0.4, 0.5) is 0 Å². The van der Waals surface area contributed by atoms with E-state index in [4.69, 9.17) is 5.73 Å². The van der Waals surface area contributed by atoms with Gasteiger partial charge in [-0.2, -0.15) is 0 Å². The summed E-state index contributed by atoms with van der Waals surface area (Å²) in [6, 6.07) is 7.80. The number of hydrogen-bond acceptors (Lipinski definition) is 2. The van der Waals surface area contributed by atoms with Crippen molar-refractivity contribution in [2.75, 3.05) is 0 Å². The van der Waals surface area contributed by atoms with Crippen LogP contribution in [-0.2, 0) is 11.2 Å². The van der Waals surface area contributed by atoms with Crippen LogP contribution >= 0.6 is 15.9 Å². The molecule has 0 bridgehead atoms. The number of carbonyl (C=O) groups is 1. The molecule has 86 valence electrons. The zero-order valence-electron chi connectivity index (χ0n) is 9.37. The molecule has 1 aliphatic carbocycles. The van der Waals surface area contributed by atoms with Crippen molar-refractivity contribution in [1.29, 1.82) is 0 Å². The number of benzene rings is 1. The minimum absolute atomic E-state index is 0.141. The highest BCUT2D eigenvalue weighted by molar-refractivity contribution is 9.10. The van der Waals surface area contributed by atoms with E-state index in [0.29, 0.717) is 12.3 Å². The molecular weight excluding hydrogens is 266 g/mol. The first-order chi connectivity index (χ1) is 7.51. The third-order valence-corrected chi connectivity index (χ3v) is 4.11. The number of nitrogens with two attached hydrogens (primary N) is 1. The monoisotopic (exact) mass is 281 g/mol. The topological polar surface area (TPSA) is 43.1 Å². The first kappa shape index (κ1) is 11.8. The number of ketones is 1. The van der Waals surface area contributed by atoms with Crippen molar-refractivity contribution in [2.24, 2.45) is 11.7 Å². The van der Waals surface area contributed by atoms with Crippen molar-refractivity contribution in [3.8, 4) is 0 Å². The maximum absolute atomic E-state index is 12.1. The Morgan fingerprint density at radius 2 is 2.12 bits per heavy atom. The molecule has 3 heteroatoms. The van der Waals surface area contributed by atoms with E-state index < -0.39 is 5.54 Å². The van der Waals surface area contributed by atoms with Crippen molar-refractivity contribution in [3.63, 3.8) is 0 Å². The Morgan fingerprint density at radius 1 is 1.50 bits per heavy atom. The van der Waals surface area contributed by atoms with Crippen LogP contribution in [-0.4, -0.2) is 11.3 Å². The lowest BCUT2D eigenvalue weighted by molar-refractivity contribution is -0.123. The molecule has 1 unspecified atom stereocenters. The minimum atomic E-state index is -0.644. The first-order valence-corrected chi connectivity index (χ1v) is 6.36. The number of Topliss-reactive ketones (excluding diaryl/α,β-unsaturated/α-hetero) is 1. The van der Waals surface area contributed by atoms with E-state index in [-0.39, 0.29) is 5.78 Å². The van der Waals surface area contributed by atoms with Gasteiger partial charge in [0.1, 0.15) is 0 Å². The van der Waals surface area contributed by atoms with Crippen LogP contribution in [0.1, 0.15) is 25.3 Å². The average molecular weight is 282 g/mol. The molecule has 1 atom stereocenters. The molecule has 1 saturated carbocycles. The number of carbonyl (C=O) groups excluding carboxylic acids is 1. The molecule has 1 aliphatic rings. The second kappa shape index (κ2) is 4.30. The summed E-state index contributed by atoms with van der Waals surface area (Å²) in [5, 5.41) is 0. The summed E-state index contributed by atoms with van der Waals surface area (Å²) in [5.74, 6) is 0.532. The van der Waals surface area contributed by atoms with E-state index in [1.807, 2.05) is 31.2 Å². The van der Waals surface area contributed by atoms with Gasteiger partial charge in [0.2, 0.25) is 0 Å². The van der Waals surface area contributed by atoms with E-state index in [1.54, 1.807) is 0 Å². The van der Waals surface area contributed by atoms with E-state index >= 15 is 0 Å². The number of hydrogen-bond donors (Lipinski definition) is 1. The van der Waals surface area contributed by atoms with Crippen molar-refractivity contribution >= 4 is 21.7 Å². The standard InChI is InChI=1S/C13H16BrNO/c1-13(15,10-6-7-10)12(16)8-9-4-2-3-5-11(9)14/h2-5,10H,6-8,15H2,1H3. The van der Waals surface area contributed by atoms with Gasteiger partial charge in [-0.25, -0.2) is 0 Å². The molecule has 0 aliphatic heterocycles. The number of halogens is 1. The second-order valence-electron chi connectivity index (χ2n) is 4.75. The average Bonchev–Trinajstić information content (AvgIpc) is 3.04. The fourth-order valence-corrected chi connectivity index (χ4v) is 2.34. The Morgan fingerprint density at radius 3 is 2.69 bits per heavy atom. The van der Waals surface area contributed by atoms with Crippen LogP contribution < -0.4 is 5.73 Å². The molecule has 0 aromatic heterocycles. The van der Waals surface area contributed by atoms with E-state index in [2.05, 4.69) is 15.9 Å². The van der Waals surface area contributed by atoms with Gasteiger partial charge in [-0.1, -0.05) is 34.1 Å². The molecule has 1 fully saturated rings. The molecule has 2 N–H and O–H groups in total. The second-order valence-corrected chi connectivity index (χ2v) is 5.60. The third kappa shape index (κ3) is 2.36. The minimum Gasteiger partial charge on any atom is -0.319 e. The van der Waals surface area contributed by atoms with E-state index in [1.165, 1.54) is 0 Å². The predicted molar refractivity (Wildman–Crippen MR) is 68.2 cm³/mol. The normalized spacial score (nSPS) is 19.2. The maximum Gasteiger partial charge on any atom is 0.157 e. The molecule has 2 nitrogen and oxygen atoms in total. The maximum atomic E-state index is 12.1. The Labute approximate surface area is 104 Å². The van der Waals surface area contributed by atoms with Gasteiger partial charge >= 0.3 is 0 Å². The van der Waals surface area contributed by atoms with Crippen LogP contribution in [0, 0.1) is 5.92 Å². The van der Waals surface area contributed by atoms with Gasteiger partial charge < -0.3 is 5.73 Å². The first-order valence-electron chi connectivity index (χ1n) is 5.57. The molecule has 0 saturated heterocycles. The quantitative estimate of drug-likeness (QED) is 0.922. The van der Waals surface area contributed by atoms with Crippen molar-refractivity contribution in [1.82, 2.24) is 0 Å². The van der Waals surface area contributed by atoms with Crippen LogP contribution in [0.15, 0.2) is 28.7 Å². The fraction of sp³-hybridized carbons (Fsp3) is 0.462. The van der Waals surface area contributed by atoms with Gasteiger partial charge in [-0.15, -0.1) is 0 Å². The van der Waals surface area contributed by atoms with Crippen molar-refractivity contribution < 1.29 is 4.79 Å². The lowest BCUT2D eigenvalue weighted by atomic mass is 9.88. The summed E-state index contributed by atoms with van der Waals surface area (Å²) in [6.45, 7) is 1.86. The van der Waals surface area contributed by atoms with Gasteiger partial charge in [0.05, 0.1) is 5.54 Å². The molecule has 0 radical (unpaired) electrons. The smallest absolute Gasteiger partial charge is 0.157 e. The number of rotatable bonds is 4. The van der Waals surface area contributed by atoms with Crippen molar-refractivity contribution in [2.45, 2.75) is 31.7 Å². The van der Waals surface area contributed by atoms with E-state index in [0.717, 1.165) is 22.9 Å². The van der Waals surface area contributed by atoms with Crippen LogP contribution in [0.25, 0.3) is 0 Å². The SMILES string of the molecule is CC(N)(C(=O)Cc1ccccc1Br)C1CC1. The van der Waals surface area contributed by atoms with Crippen LogP contribution in [0.3, 0.4) is 0 Å². The zero-order valence-corrected chi connectivity index (χ0v) is 11.0. The van der Waals surface area contributed by atoms with Gasteiger partial charge in [0.25, 0.3) is 0 Å². The summed E-state index contributed by atoms with van der Waals surface area (Å²) < 4.78 is 0.981. The van der Waals surface area contributed by atoms with Crippen molar-refractivity contribution in [3.05, 3.63) is 34.3 Å². The van der Waals surface area contributed by atoms with Gasteiger partial charge in [0, 0.05) is 10.9 Å². The van der Waals surface area contributed by atoms with Crippen LogP contribution in [0.5, 0.6) is 0 Å². The molecule has 1 aromatic rings. The highest BCUT2D eigenvalue weighted by Gasteiger charge is 2.43. The summed E-state index contributed by atoms with van der Waals surface area (Å²) in [5.41, 5.74) is 6.47. The fourth-order valence-electron chi connectivity index (χ4n) is 1.92. The molecule has 0 spiro atoms. The predicted octanol–water partition coefficient (Wildman–Crippen LogP) is 2.69. The molecule has 16 heavy (non-hydrogen) atoms. The third-order valence-electron chi connectivity index (χ3n) is 3.34. The largest absolute Gasteiger partial charge is 0.319 e. The zero-order chi connectivity index (χ0) is 11.8. The molecular formula is C13H16BrNO. The highest BCUT2D eigenvalue weighted by Crippen LogP contribution is 2.39. The molecule has 1 aromatic carbocycles. The van der Waals surface area contributed by atoms with Gasteiger partial charge in [-0.05, 0) is 37.3 Å². The van der Waals surface area contributed by atoms with Crippen LogP contribution in [0.2, 0.25) is 0 Å². The molecule has 2 rings (SSSR count). The van der Waals surface area contributed by atoms with E-state index in [9.17, 15) is 4.79 Å². The Hall–Kier alpha value is -0.670. The summed E-state index contributed by atoms with van der Waals surface area (Å²) in [7, 11) is 0. The highest BCUT2D eigenvalue weighted by atomic mass is 79.9. The lowest BCUT2D eigenvalue weighted by Gasteiger charge is -2.22. The molecule has 0 heterocycles. The van der Waals surface area contributed by atoms with Gasteiger partial charge in [-0.3, -0.25) is 4.79 Å².